The molecule has 0 aliphatic rings. The van der Waals surface area contributed by atoms with Gasteiger partial charge in [-0.1, -0.05) is 18.2 Å². The molecule has 0 spiro atoms. The average Bonchev–Trinajstić information content (AvgIpc) is 2.71. The Labute approximate surface area is 179 Å². The SMILES string of the molecule is CCOc1cc(C=CC(=O)c2cccc(OC)c2)cc(Br)c1OCC(=O)N(C)C. The lowest BCUT2D eigenvalue weighted by atomic mass is 10.1. The number of halogens is 1. The largest absolute Gasteiger partial charge is 0.497 e. The standard InChI is InChI=1S/C22H24BrNO5/c1-5-28-20-12-15(11-18(23)22(20)29-14-21(26)24(2)3)9-10-19(25)16-7-6-8-17(13-16)27-4/h6-13H,5,14H2,1-4H3. The summed E-state index contributed by atoms with van der Waals surface area (Å²) < 4.78 is 17.1. The Hall–Kier alpha value is -2.80. The number of rotatable bonds is 9. The van der Waals surface area contributed by atoms with E-state index < -0.39 is 0 Å². The third kappa shape index (κ3) is 6.35. The van der Waals surface area contributed by atoms with Crippen LogP contribution in [0.15, 0.2) is 46.9 Å². The number of ketones is 1. The molecule has 2 aromatic rings. The third-order valence-electron chi connectivity index (χ3n) is 3.95. The smallest absolute Gasteiger partial charge is 0.259 e. The number of likely N-dealkylation sites (N-methyl/N-ethyl adjacent to an activating group) is 1. The number of carbonyl (C=O) groups is 2. The molecule has 0 bridgehead atoms. The number of amides is 1. The third-order valence-corrected chi connectivity index (χ3v) is 4.54. The highest BCUT2D eigenvalue weighted by Gasteiger charge is 2.14. The average molecular weight is 462 g/mol. The van der Waals surface area contributed by atoms with Crippen molar-refractivity contribution >= 4 is 33.7 Å². The summed E-state index contributed by atoms with van der Waals surface area (Å²) in [7, 11) is 4.89. The van der Waals surface area contributed by atoms with Crippen LogP contribution in [-0.4, -0.2) is 51.0 Å². The number of hydrogen-bond donors (Lipinski definition) is 0. The molecule has 6 nitrogen and oxygen atoms in total. The molecule has 0 heterocycles. The number of benzene rings is 2. The summed E-state index contributed by atoms with van der Waals surface area (Å²) in [5.41, 5.74) is 1.29. The minimum absolute atomic E-state index is 0.102. The van der Waals surface area contributed by atoms with Crippen LogP contribution < -0.4 is 14.2 Å². The lowest BCUT2D eigenvalue weighted by Gasteiger charge is -2.16. The van der Waals surface area contributed by atoms with E-state index in [1.807, 2.05) is 6.92 Å². The molecule has 0 saturated heterocycles. The lowest BCUT2D eigenvalue weighted by Crippen LogP contribution is -2.27. The highest BCUT2D eigenvalue weighted by atomic mass is 79.9. The quantitative estimate of drug-likeness (QED) is 0.413. The van der Waals surface area contributed by atoms with Crippen LogP contribution in [0.25, 0.3) is 6.08 Å². The molecule has 0 aliphatic carbocycles. The van der Waals surface area contributed by atoms with Crippen LogP contribution in [-0.2, 0) is 4.79 Å². The summed E-state index contributed by atoms with van der Waals surface area (Å²) in [6.45, 7) is 2.19. The Bertz CT molecular complexity index is 908. The molecule has 29 heavy (non-hydrogen) atoms. The van der Waals surface area contributed by atoms with Crippen LogP contribution in [0.4, 0.5) is 0 Å². The number of nitrogens with zero attached hydrogens (tertiary/aromatic N) is 1. The first-order valence-electron chi connectivity index (χ1n) is 9.01. The van der Waals surface area contributed by atoms with Crippen molar-refractivity contribution in [2.24, 2.45) is 0 Å². The van der Waals surface area contributed by atoms with Gasteiger partial charge in [-0.3, -0.25) is 9.59 Å². The van der Waals surface area contributed by atoms with Crippen molar-refractivity contribution in [2.45, 2.75) is 6.92 Å². The number of allylic oxidation sites excluding steroid dienone is 1. The Kier molecular flexibility index (Phi) is 8.27. The normalized spacial score (nSPS) is 10.7. The molecule has 0 aliphatic heterocycles. The van der Waals surface area contributed by atoms with Crippen LogP contribution in [0.1, 0.15) is 22.8 Å². The molecular weight excluding hydrogens is 438 g/mol. The Morgan fingerprint density at radius 3 is 2.55 bits per heavy atom. The highest BCUT2D eigenvalue weighted by Crippen LogP contribution is 2.37. The Morgan fingerprint density at radius 2 is 1.90 bits per heavy atom. The molecule has 7 heteroatoms. The van der Waals surface area contributed by atoms with E-state index in [1.165, 1.54) is 11.0 Å². The first-order valence-corrected chi connectivity index (χ1v) is 9.80. The maximum absolute atomic E-state index is 12.4. The van der Waals surface area contributed by atoms with Crippen LogP contribution in [0.5, 0.6) is 17.2 Å². The van der Waals surface area contributed by atoms with Gasteiger partial charge in [0.05, 0.1) is 18.2 Å². The van der Waals surface area contributed by atoms with Crippen LogP contribution in [0, 0.1) is 0 Å². The fourth-order valence-corrected chi connectivity index (χ4v) is 2.97. The van der Waals surface area contributed by atoms with Crippen molar-refractivity contribution < 1.29 is 23.8 Å². The van der Waals surface area contributed by atoms with E-state index in [1.54, 1.807) is 63.7 Å². The number of hydrogen-bond acceptors (Lipinski definition) is 5. The highest BCUT2D eigenvalue weighted by molar-refractivity contribution is 9.10. The van der Waals surface area contributed by atoms with Crippen molar-refractivity contribution in [3.63, 3.8) is 0 Å². The maximum Gasteiger partial charge on any atom is 0.259 e. The molecule has 0 fully saturated rings. The molecular formula is C22H24BrNO5. The Morgan fingerprint density at radius 1 is 1.14 bits per heavy atom. The van der Waals surface area contributed by atoms with Gasteiger partial charge < -0.3 is 19.1 Å². The van der Waals surface area contributed by atoms with E-state index in [9.17, 15) is 9.59 Å². The monoisotopic (exact) mass is 461 g/mol. The Balaban J connectivity index is 2.23. The molecule has 0 radical (unpaired) electrons. The molecule has 2 rings (SSSR count). The van der Waals surface area contributed by atoms with Crippen molar-refractivity contribution in [1.29, 1.82) is 0 Å². The second-order valence-corrected chi connectivity index (χ2v) is 7.12. The van der Waals surface area contributed by atoms with Crippen LogP contribution in [0.2, 0.25) is 0 Å². The number of carbonyl (C=O) groups excluding carboxylic acids is 2. The molecule has 154 valence electrons. The van der Waals surface area contributed by atoms with Gasteiger partial charge in [0.1, 0.15) is 5.75 Å². The number of ether oxygens (including phenoxy) is 3. The van der Waals surface area contributed by atoms with E-state index in [2.05, 4.69) is 15.9 Å². The lowest BCUT2D eigenvalue weighted by molar-refractivity contribution is -0.130. The molecule has 2 aromatic carbocycles. The van der Waals surface area contributed by atoms with Gasteiger partial charge in [-0.05, 0) is 58.8 Å². The molecule has 0 N–H and O–H groups in total. The van der Waals surface area contributed by atoms with Gasteiger partial charge in [-0.15, -0.1) is 0 Å². The minimum atomic E-state index is -0.160. The van der Waals surface area contributed by atoms with E-state index >= 15 is 0 Å². The van der Waals surface area contributed by atoms with Crippen molar-refractivity contribution in [1.82, 2.24) is 4.90 Å². The zero-order chi connectivity index (χ0) is 21.4. The topological polar surface area (TPSA) is 65.1 Å². The summed E-state index contributed by atoms with van der Waals surface area (Å²) in [5, 5.41) is 0. The van der Waals surface area contributed by atoms with Gasteiger partial charge in [0.25, 0.3) is 5.91 Å². The summed E-state index contributed by atoms with van der Waals surface area (Å²) in [4.78, 5) is 25.7. The summed E-state index contributed by atoms with van der Waals surface area (Å²) >= 11 is 3.46. The van der Waals surface area contributed by atoms with E-state index in [0.717, 1.165) is 5.56 Å². The molecule has 1 amide bonds. The van der Waals surface area contributed by atoms with Crippen molar-refractivity contribution in [3.05, 3.63) is 58.1 Å². The zero-order valence-electron chi connectivity index (χ0n) is 16.9. The zero-order valence-corrected chi connectivity index (χ0v) is 18.5. The summed E-state index contributed by atoms with van der Waals surface area (Å²) in [6.07, 6.45) is 3.19. The molecule has 0 atom stereocenters. The first-order chi connectivity index (χ1) is 13.8. The van der Waals surface area contributed by atoms with Crippen molar-refractivity contribution in [3.8, 4) is 17.2 Å². The van der Waals surface area contributed by atoms with Crippen LogP contribution >= 0.6 is 15.9 Å². The van der Waals surface area contributed by atoms with Gasteiger partial charge in [0.2, 0.25) is 0 Å². The van der Waals surface area contributed by atoms with E-state index in [4.69, 9.17) is 14.2 Å². The van der Waals surface area contributed by atoms with Gasteiger partial charge in [-0.25, -0.2) is 0 Å². The molecule has 0 aromatic heterocycles. The fraction of sp³-hybridized carbons (Fsp3) is 0.273. The minimum Gasteiger partial charge on any atom is -0.497 e. The predicted octanol–water partition coefficient (Wildman–Crippen LogP) is 4.22. The van der Waals surface area contributed by atoms with Gasteiger partial charge in [0.15, 0.2) is 23.9 Å². The molecule has 0 saturated carbocycles. The van der Waals surface area contributed by atoms with E-state index in [0.29, 0.717) is 33.9 Å². The summed E-state index contributed by atoms with van der Waals surface area (Å²) in [6, 6.07) is 10.5. The molecule has 0 unspecified atom stereocenters. The second-order valence-electron chi connectivity index (χ2n) is 6.27. The van der Waals surface area contributed by atoms with Gasteiger partial charge in [-0.2, -0.15) is 0 Å². The van der Waals surface area contributed by atoms with Gasteiger partial charge in [0, 0.05) is 19.7 Å². The fourth-order valence-electron chi connectivity index (χ4n) is 2.39. The predicted molar refractivity (Wildman–Crippen MR) is 116 cm³/mol. The van der Waals surface area contributed by atoms with Crippen molar-refractivity contribution in [2.75, 3.05) is 34.4 Å². The maximum atomic E-state index is 12.4. The number of methoxy groups -OCH3 is 1. The van der Waals surface area contributed by atoms with E-state index in [-0.39, 0.29) is 18.3 Å². The first kappa shape index (κ1) is 22.5. The van der Waals surface area contributed by atoms with Crippen LogP contribution in [0.3, 0.4) is 0 Å². The second kappa shape index (κ2) is 10.7. The van der Waals surface area contributed by atoms with Gasteiger partial charge >= 0.3 is 0 Å². The summed E-state index contributed by atoms with van der Waals surface area (Å²) in [5.74, 6) is 1.25.